The first-order valence-electron chi connectivity index (χ1n) is 7.96. The molecule has 22 heavy (non-hydrogen) atoms. The summed E-state index contributed by atoms with van der Waals surface area (Å²) in [6, 6.07) is 17.0. The summed E-state index contributed by atoms with van der Waals surface area (Å²) < 4.78 is 5.85. The normalized spacial score (nSPS) is 10.5. The molecule has 0 aromatic heterocycles. The van der Waals surface area contributed by atoms with Gasteiger partial charge in [-0.1, -0.05) is 43.3 Å². The van der Waals surface area contributed by atoms with E-state index < -0.39 is 0 Å². The molecule has 0 radical (unpaired) electrons. The van der Waals surface area contributed by atoms with Gasteiger partial charge >= 0.3 is 0 Å². The van der Waals surface area contributed by atoms with Gasteiger partial charge < -0.3 is 15.0 Å². The Kier molecular flexibility index (Phi) is 6.28. The van der Waals surface area contributed by atoms with E-state index in [2.05, 4.69) is 66.7 Å². The molecule has 0 heterocycles. The van der Waals surface area contributed by atoms with Crippen molar-refractivity contribution in [2.45, 2.75) is 26.9 Å². The second-order valence-electron chi connectivity index (χ2n) is 5.36. The Morgan fingerprint density at radius 3 is 2.45 bits per heavy atom. The van der Waals surface area contributed by atoms with Crippen LogP contribution >= 0.6 is 0 Å². The predicted octanol–water partition coefficient (Wildman–Crippen LogP) is 3.83. The van der Waals surface area contributed by atoms with Crippen LogP contribution in [0.3, 0.4) is 0 Å². The van der Waals surface area contributed by atoms with Crippen LogP contribution in [0.1, 0.15) is 25.0 Å². The zero-order valence-corrected chi connectivity index (χ0v) is 13.8. The standard InChI is InChI=1S/C19H26N2O/c1-4-20-14-17-11-12-18(19(13-17)22-5-2)21(3)15-16-9-7-6-8-10-16/h6-13,20H,4-5,14-15H2,1-3H3. The highest BCUT2D eigenvalue weighted by Crippen LogP contribution is 2.30. The van der Waals surface area contributed by atoms with Crippen LogP contribution in [-0.2, 0) is 13.1 Å². The van der Waals surface area contributed by atoms with Gasteiger partial charge in [-0.3, -0.25) is 0 Å². The summed E-state index contributed by atoms with van der Waals surface area (Å²) in [6.45, 7) is 7.53. The highest BCUT2D eigenvalue weighted by molar-refractivity contribution is 5.59. The van der Waals surface area contributed by atoms with Gasteiger partial charge in [0.25, 0.3) is 0 Å². The van der Waals surface area contributed by atoms with Gasteiger partial charge in [-0.2, -0.15) is 0 Å². The minimum Gasteiger partial charge on any atom is -0.492 e. The molecule has 0 aliphatic carbocycles. The van der Waals surface area contributed by atoms with E-state index >= 15 is 0 Å². The summed E-state index contributed by atoms with van der Waals surface area (Å²) in [7, 11) is 2.11. The SMILES string of the molecule is CCNCc1ccc(N(C)Cc2ccccc2)c(OCC)c1. The Balaban J connectivity index is 2.17. The molecule has 2 aromatic rings. The molecule has 118 valence electrons. The molecule has 0 bridgehead atoms. The molecule has 0 amide bonds. The minimum atomic E-state index is 0.677. The lowest BCUT2D eigenvalue weighted by Gasteiger charge is -2.23. The van der Waals surface area contributed by atoms with Gasteiger partial charge in [0.05, 0.1) is 12.3 Å². The Bertz CT molecular complexity index is 569. The van der Waals surface area contributed by atoms with E-state index in [1.807, 2.05) is 13.0 Å². The van der Waals surface area contributed by atoms with Gasteiger partial charge in [0.1, 0.15) is 5.75 Å². The number of hydrogen-bond acceptors (Lipinski definition) is 3. The Hall–Kier alpha value is -2.00. The second-order valence-corrected chi connectivity index (χ2v) is 5.36. The summed E-state index contributed by atoms with van der Waals surface area (Å²) in [5.74, 6) is 0.955. The van der Waals surface area contributed by atoms with Crippen molar-refractivity contribution in [2.24, 2.45) is 0 Å². The third-order valence-electron chi connectivity index (χ3n) is 3.58. The van der Waals surface area contributed by atoms with Crippen LogP contribution in [-0.4, -0.2) is 20.2 Å². The average molecular weight is 298 g/mol. The van der Waals surface area contributed by atoms with E-state index in [-0.39, 0.29) is 0 Å². The van der Waals surface area contributed by atoms with Crippen LogP contribution in [0, 0.1) is 0 Å². The smallest absolute Gasteiger partial charge is 0.142 e. The Morgan fingerprint density at radius 1 is 1.00 bits per heavy atom. The zero-order chi connectivity index (χ0) is 15.8. The van der Waals surface area contributed by atoms with E-state index in [4.69, 9.17) is 4.74 Å². The summed E-state index contributed by atoms with van der Waals surface area (Å²) in [5, 5.41) is 3.35. The topological polar surface area (TPSA) is 24.5 Å². The first-order chi connectivity index (χ1) is 10.7. The number of anilines is 1. The zero-order valence-electron chi connectivity index (χ0n) is 13.8. The molecule has 0 aliphatic heterocycles. The number of ether oxygens (including phenoxy) is 1. The number of nitrogens with one attached hydrogen (secondary N) is 1. The van der Waals surface area contributed by atoms with Crippen molar-refractivity contribution in [3.8, 4) is 5.75 Å². The van der Waals surface area contributed by atoms with Gasteiger partial charge in [-0.15, -0.1) is 0 Å². The molecule has 3 heteroatoms. The molecular formula is C19H26N2O. The maximum Gasteiger partial charge on any atom is 0.142 e. The third-order valence-corrected chi connectivity index (χ3v) is 3.58. The van der Waals surface area contributed by atoms with Crippen molar-refractivity contribution in [2.75, 3.05) is 25.1 Å². The highest BCUT2D eigenvalue weighted by Gasteiger charge is 2.10. The van der Waals surface area contributed by atoms with Gasteiger partial charge in [-0.25, -0.2) is 0 Å². The maximum absolute atomic E-state index is 5.85. The van der Waals surface area contributed by atoms with E-state index in [1.54, 1.807) is 0 Å². The summed E-state index contributed by atoms with van der Waals surface area (Å²) in [6.07, 6.45) is 0. The number of benzene rings is 2. The van der Waals surface area contributed by atoms with Crippen molar-refractivity contribution in [1.29, 1.82) is 0 Å². The maximum atomic E-state index is 5.85. The molecule has 3 nitrogen and oxygen atoms in total. The van der Waals surface area contributed by atoms with Crippen molar-refractivity contribution < 1.29 is 4.74 Å². The molecule has 0 saturated carbocycles. The van der Waals surface area contributed by atoms with Crippen LogP contribution in [0.5, 0.6) is 5.75 Å². The molecule has 0 aliphatic rings. The lowest BCUT2D eigenvalue weighted by molar-refractivity contribution is 0.340. The monoisotopic (exact) mass is 298 g/mol. The molecule has 0 fully saturated rings. The quantitative estimate of drug-likeness (QED) is 0.801. The Morgan fingerprint density at radius 2 is 1.77 bits per heavy atom. The van der Waals surface area contributed by atoms with Crippen molar-refractivity contribution >= 4 is 5.69 Å². The average Bonchev–Trinajstić information content (AvgIpc) is 2.54. The first-order valence-corrected chi connectivity index (χ1v) is 7.96. The summed E-state index contributed by atoms with van der Waals surface area (Å²) in [5.41, 5.74) is 3.68. The van der Waals surface area contributed by atoms with Crippen LogP contribution < -0.4 is 15.0 Å². The molecule has 0 unspecified atom stereocenters. The van der Waals surface area contributed by atoms with E-state index in [0.717, 1.165) is 31.1 Å². The predicted molar refractivity (Wildman–Crippen MR) is 93.5 cm³/mol. The van der Waals surface area contributed by atoms with Crippen LogP contribution in [0.25, 0.3) is 0 Å². The minimum absolute atomic E-state index is 0.677. The Labute approximate surface area is 133 Å². The molecule has 1 N–H and O–H groups in total. The van der Waals surface area contributed by atoms with E-state index in [1.165, 1.54) is 11.1 Å². The van der Waals surface area contributed by atoms with Gasteiger partial charge in [0, 0.05) is 20.1 Å². The molecule has 2 rings (SSSR count). The van der Waals surface area contributed by atoms with Gasteiger partial charge in [-0.05, 0) is 36.7 Å². The van der Waals surface area contributed by atoms with Crippen molar-refractivity contribution in [3.63, 3.8) is 0 Å². The fourth-order valence-corrected chi connectivity index (χ4v) is 2.47. The van der Waals surface area contributed by atoms with Crippen LogP contribution in [0.2, 0.25) is 0 Å². The molecule has 0 atom stereocenters. The number of nitrogens with zero attached hydrogens (tertiary/aromatic N) is 1. The molecular weight excluding hydrogens is 272 g/mol. The number of hydrogen-bond donors (Lipinski definition) is 1. The molecule has 0 saturated heterocycles. The van der Waals surface area contributed by atoms with Gasteiger partial charge in [0.15, 0.2) is 0 Å². The van der Waals surface area contributed by atoms with E-state index in [0.29, 0.717) is 6.61 Å². The summed E-state index contributed by atoms with van der Waals surface area (Å²) >= 11 is 0. The van der Waals surface area contributed by atoms with Crippen LogP contribution in [0.4, 0.5) is 5.69 Å². The summed E-state index contributed by atoms with van der Waals surface area (Å²) in [4.78, 5) is 2.23. The van der Waals surface area contributed by atoms with Crippen molar-refractivity contribution in [1.82, 2.24) is 5.32 Å². The largest absolute Gasteiger partial charge is 0.492 e. The molecule has 0 spiro atoms. The first kappa shape index (κ1) is 16.4. The fraction of sp³-hybridized carbons (Fsp3) is 0.368. The van der Waals surface area contributed by atoms with Crippen LogP contribution in [0.15, 0.2) is 48.5 Å². The number of rotatable bonds is 8. The lowest BCUT2D eigenvalue weighted by atomic mass is 10.1. The second kappa shape index (κ2) is 8.44. The molecule has 2 aromatic carbocycles. The van der Waals surface area contributed by atoms with Crippen molar-refractivity contribution in [3.05, 3.63) is 59.7 Å². The third kappa shape index (κ3) is 4.50. The van der Waals surface area contributed by atoms with E-state index in [9.17, 15) is 0 Å². The highest BCUT2D eigenvalue weighted by atomic mass is 16.5. The van der Waals surface area contributed by atoms with Gasteiger partial charge in [0.2, 0.25) is 0 Å². The lowest BCUT2D eigenvalue weighted by Crippen LogP contribution is -2.18. The fourth-order valence-electron chi connectivity index (χ4n) is 2.47.